The van der Waals surface area contributed by atoms with Crippen LogP contribution in [-0.4, -0.2) is 37.5 Å². The molecule has 1 saturated heterocycles. The highest BCUT2D eigenvalue weighted by Crippen LogP contribution is 2.43. The van der Waals surface area contributed by atoms with Gasteiger partial charge in [-0.05, 0) is 66.9 Å². The van der Waals surface area contributed by atoms with Gasteiger partial charge in [-0.15, -0.1) is 0 Å². The number of aliphatic hydroxyl groups excluding tert-OH is 1. The number of amides is 1. The summed E-state index contributed by atoms with van der Waals surface area (Å²) in [6, 6.07) is 17.6. The summed E-state index contributed by atoms with van der Waals surface area (Å²) >= 11 is 0. The number of halogens is 1. The molecule has 7 heteroatoms. The van der Waals surface area contributed by atoms with E-state index in [9.17, 15) is 19.1 Å². The van der Waals surface area contributed by atoms with Crippen molar-refractivity contribution in [3.8, 4) is 5.75 Å². The van der Waals surface area contributed by atoms with E-state index >= 15 is 0 Å². The van der Waals surface area contributed by atoms with Crippen LogP contribution in [0.4, 0.5) is 15.8 Å². The zero-order valence-electron chi connectivity index (χ0n) is 20.8. The lowest BCUT2D eigenvalue weighted by atomic mass is 9.94. The first kappa shape index (κ1) is 25.0. The second kappa shape index (κ2) is 10.2. The predicted molar refractivity (Wildman–Crippen MR) is 139 cm³/mol. The van der Waals surface area contributed by atoms with Gasteiger partial charge in [0, 0.05) is 37.1 Å². The maximum absolute atomic E-state index is 13.9. The molecule has 0 radical (unpaired) electrons. The van der Waals surface area contributed by atoms with Crippen molar-refractivity contribution >= 4 is 28.8 Å². The fraction of sp³-hybridized carbons (Fsp3) is 0.241. The number of benzene rings is 3. The van der Waals surface area contributed by atoms with E-state index in [-0.39, 0.29) is 16.9 Å². The molecule has 0 bridgehead atoms. The molecule has 0 spiro atoms. The van der Waals surface area contributed by atoms with Crippen molar-refractivity contribution in [3.05, 3.63) is 94.8 Å². The Bertz CT molecular complexity index is 1330. The standard InChI is InChI=1S/C29H29FN2O4/c1-5-15-36-23-8-6-7-22(17-23)32-26(19-9-12-21(13-10-19)31(3)4)25(28(34)29(32)35)27(33)20-11-14-24(30)18(2)16-20/h6-14,16-17,26,33H,5,15H2,1-4H3/b27-25+. The number of hydrogen-bond donors (Lipinski definition) is 1. The lowest BCUT2D eigenvalue weighted by molar-refractivity contribution is -0.132. The van der Waals surface area contributed by atoms with Gasteiger partial charge in [-0.3, -0.25) is 14.5 Å². The Labute approximate surface area is 210 Å². The number of nitrogens with zero attached hydrogens (tertiary/aromatic N) is 2. The summed E-state index contributed by atoms with van der Waals surface area (Å²) in [6.45, 7) is 4.09. The Hall–Kier alpha value is -4.13. The maximum atomic E-state index is 13.9. The van der Waals surface area contributed by atoms with E-state index in [0.717, 1.165) is 12.1 Å². The normalized spacial score (nSPS) is 16.9. The molecule has 0 aliphatic carbocycles. The fourth-order valence-electron chi connectivity index (χ4n) is 4.26. The highest BCUT2D eigenvalue weighted by atomic mass is 19.1. The number of carbonyl (C=O) groups excluding carboxylic acids is 2. The largest absolute Gasteiger partial charge is 0.507 e. The average molecular weight is 489 g/mol. The van der Waals surface area contributed by atoms with E-state index in [2.05, 4.69) is 0 Å². The molecule has 4 rings (SSSR count). The molecule has 1 N–H and O–H groups in total. The highest BCUT2D eigenvalue weighted by Gasteiger charge is 2.47. The number of anilines is 2. The second-order valence-corrected chi connectivity index (χ2v) is 8.96. The third-order valence-corrected chi connectivity index (χ3v) is 6.17. The van der Waals surface area contributed by atoms with Crippen molar-refractivity contribution < 1.29 is 23.8 Å². The lowest BCUT2D eigenvalue weighted by Gasteiger charge is -2.26. The maximum Gasteiger partial charge on any atom is 0.300 e. The molecule has 186 valence electrons. The minimum absolute atomic E-state index is 0.0523. The van der Waals surface area contributed by atoms with Crippen LogP contribution in [0.25, 0.3) is 5.76 Å². The van der Waals surface area contributed by atoms with Gasteiger partial charge < -0.3 is 14.7 Å². The summed E-state index contributed by atoms with van der Waals surface area (Å²) in [5.74, 6) is -1.77. The Morgan fingerprint density at radius 3 is 2.42 bits per heavy atom. The summed E-state index contributed by atoms with van der Waals surface area (Å²) in [7, 11) is 3.83. The molecule has 1 fully saturated rings. The molecule has 36 heavy (non-hydrogen) atoms. The number of ketones is 1. The Kier molecular flexibility index (Phi) is 7.10. The monoisotopic (exact) mass is 488 g/mol. The van der Waals surface area contributed by atoms with E-state index in [0.29, 0.717) is 29.2 Å². The minimum Gasteiger partial charge on any atom is -0.507 e. The predicted octanol–water partition coefficient (Wildman–Crippen LogP) is 5.62. The molecular weight excluding hydrogens is 459 g/mol. The van der Waals surface area contributed by atoms with Gasteiger partial charge in [-0.2, -0.15) is 0 Å². The highest BCUT2D eigenvalue weighted by molar-refractivity contribution is 6.51. The summed E-state index contributed by atoms with van der Waals surface area (Å²) in [4.78, 5) is 30.1. The van der Waals surface area contributed by atoms with Gasteiger partial charge in [0.25, 0.3) is 11.7 Å². The van der Waals surface area contributed by atoms with Crippen LogP contribution in [0.3, 0.4) is 0 Å². The number of hydrogen-bond acceptors (Lipinski definition) is 5. The van der Waals surface area contributed by atoms with E-state index in [1.165, 1.54) is 23.1 Å². The Morgan fingerprint density at radius 1 is 1.06 bits per heavy atom. The molecule has 1 amide bonds. The first-order chi connectivity index (χ1) is 17.2. The van der Waals surface area contributed by atoms with E-state index in [1.807, 2.05) is 50.2 Å². The van der Waals surface area contributed by atoms with E-state index in [1.54, 1.807) is 31.2 Å². The molecule has 1 aliphatic rings. The summed E-state index contributed by atoms with van der Waals surface area (Å²) in [6.07, 6.45) is 0.823. The van der Waals surface area contributed by atoms with Crippen LogP contribution in [0.2, 0.25) is 0 Å². The van der Waals surface area contributed by atoms with Gasteiger partial charge in [0.2, 0.25) is 0 Å². The van der Waals surface area contributed by atoms with Crippen molar-refractivity contribution in [2.75, 3.05) is 30.5 Å². The summed E-state index contributed by atoms with van der Waals surface area (Å²) in [5, 5.41) is 11.3. The zero-order valence-corrected chi connectivity index (χ0v) is 20.8. The smallest absolute Gasteiger partial charge is 0.300 e. The Balaban J connectivity index is 1.90. The molecule has 1 heterocycles. The molecule has 1 unspecified atom stereocenters. The van der Waals surface area contributed by atoms with Gasteiger partial charge in [-0.1, -0.05) is 25.1 Å². The molecule has 1 atom stereocenters. The third-order valence-electron chi connectivity index (χ3n) is 6.17. The Morgan fingerprint density at radius 2 is 1.78 bits per heavy atom. The van der Waals surface area contributed by atoms with Crippen LogP contribution in [-0.2, 0) is 9.59 Å². The molecular formula is C29H29FN2O4. The zero-order chi connectivity index (χ0) is 26.0. The molecule has 0 aromatic heterocycles. The SMILES string of the molecule is CCCOc1cccc(N2C(=O)C(=O)/C(=C(/O)c3ccc(F)c(C)c3)C2c2ccc(N(C)C)cc2)c1. The number of aliphatic hydroxyl groups is 1. The molecule has 3 aromatic rings. The number of rotatable bonds is 7. The van der Waals surface area contributed by atoms with Gasteiger partial charge in [0.15, 0.2) is 0 Å². The van der Waals surface area contributed by atoms with Crippen LogP contribution in [0.15, 0.2) is 72.3 Å². The third kappa shape index (κ3) is 4.69. The molecule has 1 aliphatic heterocycles. The number of Topliss-reactive ketones (excluding diaryl/α,β-unsaturated/α-hetero) is 1. The van der Waals surface area contributed by atoms with Gasteiger partial charge in [0.05, 0.1) is 18.2 Å². The van der Waals surface area contributed by atoms with E-state index in [4.69, 9.17) is 4.74 Å². The van der Waals surface area contributed by atoms with Crippen molar-refractivity contribution in [2.45, 2.75) is 26.3 Å². The van der Waals surface area contributed by atoms with Crippen LogP contribution in [0.5, 0.6) is 5.75 Å². The number of ether oxygens (including phenoxy) is 1. The minimum atomic E-state index is -0.881. The molecule has 6 nitrogen and oxygen atoms in total. The van der Waals surface area contributed by atoms with Crippen LogP contribution < -0.4 is 14.5 Å². The average Bonchev–Trinajstić information content (AvgIpc) is 3.14. The quantitative estimate of drug-likeness (QED) is 0.266. The van der Waals surface area contributed by atoms with Crippen molar-refractivity contribution in [1.29, 1.82) is 0 Å². The summed E-state index contributed by atoms with van der Waals surface area (Å²) < 4.78 is 19.6. The molecule has 3 aromatic carbocycles. The lowest BCUT2D eigenvalue weighted by Crippen LogP contribution is -2.29. The fourth-order valence-corrected chi connectivity index (χ4v) is 4.26. The second-order valence-electron chi connectivity index (χ2n) is 8.96. The van der Waals surface area contributed by atoms with Crippen LogP contribution >= 0.6 is 0 Å². The van der Waals surface area contributed by atoms with Gasteiger partial charge in [-0.25, -0.2) is 4.39 Å². The number of aryl methyl sites for hydroxylation is 1. The topological polar surface area (TPSA) is 70.1 Å². The van der Waals surface area contributed by atoms with Crippen molar-refractivity contribution in [2.24, 2.45) is 0 Å². The van der Waals surface area contributed by atoms with Crippen LogP contribution in [0, 0.1) is 12.7 Å². The first-order valence-corrected chi connectivity index (χ1v) is 11.8. The van der Waals surface area contributed by atoms with Gasteiger partial charge in [0.1, 0.15) is 17.3 Å². The van der Waals surface area contributed by atoms with E-state index < -0.39 is 23.5 Å². The first-order valence-electron chi connectivity index (χ1n) is 11.8. The van der Waals surface area contributed by atoms with Crippen molar-refractivity contribution in [1.82, 2.24) is 0 Å². The summed E-state index contributed by atoms with van der Waals surface area (Å²) in [5.41, 5.74) is 2.60. The van der Waals surface area contributed by atoms with Crippen molar-refractivity contribution in [3.63, 3.8) is 0 Å². The number of carbonyl (C=O) groups is 2. The molecule has 0 saturated carbocycles. The van der Waals surface area contributed by atoms with Gasteiger partial charge >= 0.3 is 0 Å². The van der Waals surface area contributed by atoms with Crippen LogP contribution in [0.1, 0.15) is 36.1 Å².